The van der Waals surface area contributed by atoms with E-state index in [2.05, 4.69) is 34.2 Å². The van der Waals surface area contributed by atoms with E-state index in [1.54, 1.807) is 12.1 Å². The highest BCUT2D eigenvalue weighted by molar-refractivity contribution is 5.89. The van der Waals surface area contributed by atoms with Gasteiger partial charge in [-0.15, -0.1) is 0 Å². The summed E-state index contributed by atoms with van der Waals surface area (Å²) in [6.07, 6.45) is 1.87. The zero-order valence-corrected chi connectivity index (χ0v) is 20.1. The van der Waals surface area contributed by atoms with Gasteiger partial charge >= 0.3 is 6.03 Å². The van der Waals surface area contributed by atoms with Crippen LogP contribution in [0.3, 0.4) is 0 Å². The van der Waals surface area contributed by atoms with Crippen LogP contribution in [0.5, 0.6) is 0 Å². The Morgan fingerprint density at radius 1 is 0.917 bits per heavy atom. The second kappa shape index (κ2) is 10.9. The first kappa shape index (κ1) is 24.1. The summed E-state index contributed by atoms with van der Waals surface area (Å²) in [4.78, 5) is 17.2. The lowest BCUT2D eigenvalue weighted by atomic mass is 9.74. The Kier molecular flexibility index (Phi) is 7.31. The minimum atomic E-state index is -0.334. The smallest absolute Gasteiger partial charge is 0.321 e. The van der Waals surface area contributed by atoms with Crippen LogP contribution in [0.25, 0.3) is 0 Å². The van der Waals surface area contributed by atoms with Crippen LogP contribution in [-0.2, 0) is 0 Å². The van der Waals surface area contributed by atoms with Crippen molar-refractivity contribution in [1.82, 2.24) is 9.80 Å². The number of nitrogens with zero attached hydrogens (tertiary/aromatic N) is 2. The lowest BCUT2D eigenvalue weighted by Gasteiger charge is -2.57. The molecule has 2 heterocycles. The predicted molar refractivity (Wildman–Crippen MR) is 139 cm³/mol. The van der Waals surface area contributed by atoms with Crippen molar-refractivity contribution in [3.63, 3.8) is 0 Å². The average molecular weight is 484 g/mol. The minimum Gasteiger partial charge on any atom is -0.395 e. The molecule has 5 nitrogen and oxygen atoms in total. The maximum atomic E-state index is 13.2. The van der Waals surface area contributed by atoms with Crippen LogP contribution in [0.1, 0.15) is 35.4 Å². The van der Waals surface area contributed by atoms with E-state index in [0.717, 1.165) is 36.1 Å². The van der Waals surface area contributed by atoms with Gasteiger partial charge in [0.2, 0.25) is 0 Å². The van der Waals surface area contributed by atoms with Crippen molar-refractivity contribution < 1.29 is 14.3 Å². The Morgan fingerprint density at radius 2 is 1.58 bits per heavy atom. The van der Waals surface area contributed by atoms with E-state index >= 15 is 0 Å². The maximum Gasteiger partial charge on any atom is 0.321 e. The van der Waals surface area contributed by atoms with Gasteiger partial charge in [0.25, 0.3) is 0 Å². The summed E-state index contributed by atoms with van der Waals surface area (Å²) in [6, 6.07) is 24.0. The number of anilines is 1. The molecule has 0 unspecified atom stereocenters. The maximum absolute atomic E-state index is 13.2. The zero-order valence-electron chi connectivity index (χ0n) is 20.1. The molecule has 0 aliphatic carbocycles. The van der Waals surface area contributed by atoms with E-state index in [-0.39, 0.29) is 36.5 Å². The number of urea groups is 1. The number of hydrogen-bond donors (Lipinski definition) is 2. The third kappa shape index (κ3) is 5.28. The van der Waals surface area contributed by atoms with Gasteiger partial charge in [0.1, 0.15) is 5.82 Å². The number of amides is 2. The quantitative estimate of drug-likeness (QED) is 0.532. The molecular formula is C30H30FN3O2. The fourth-order valence-corrected chi connectivity index (χ4v) is 5.32. The molecule has 6 heteroatoms. The third-order valence-electron chi connectivity index (χ3n) is 7.17. The topological polar surface area (TPSA) is 55.8 Å². The average Bonchev–Trinajstić information content (AvgIpc) is 2.89. The molecule has 2 saturated heterocycles. The molecule has 0 radical (unpaired) electrons. The molecule has 3 aromatic carbocycles. The van der Waals surface area contributed by atoms with E-state index in [0.29, 0.717) is 18.8 Å². The van der Waals surface area contributed by atoms with E-state index in [1.807, 2.05) is 47.4 Å². The molecule has 3 aromatic rings. The van der Waals surface area contributed by atoms with Crippen LogP contribution in [-0.4, -0.2) is 59.3 Å². The summed E-state index contributed by atoms with van der Waals surface area (Å²) in [6.45, 7) is 2.24. The summed E-state index contributed by atoms with van der Waals surface area (Å²) >= 11 is 0. The Balaban J connectivity index is 1.31. The van der Waals surface area contributed by atoms with E-state index in [1.165, 1.54) is 12.1 Å². The van der Waals surface area contributed by atoms with Gasteiger partial charge in [0.05, 0.1) is 6.61 Å². The lowest BCUT2D eigenvalue weighted by molar-refractivity contribution is -0.0585. The second-order valence-corrected chi connectivity index (χ2v) is 9.41. The predicted octanol–water partition coefficient (Wildman–Crippen LogP) is 4.68. The molecule has 36 heavy (non-hydrogen) atoms. The SMILES string of the molecule is O=C(Nc1ccc(F)cc1)N1CCCCN2[C@H](CO)[C@@H](c3ccc(C#Cc4ccccc4)cc3)[C@@H]2C1. The van der Waals surface area contributed by atoms with Crippen LogP contribution in [0, 0.1) is 17.7 Å². The Labute approximate surface area is 211 Å². The number of hydrogen-bond acceptors (Lipinski definition) is 3. The third-order valence-corrected chi connectivity index (χ3v) is 7.17. The monoisotopic (exact) mass is 483 g/mol. The van der Waals surface area contributed by atoms with Gasteiger partial charge in [0, 0.05) is 47.9 Å². The number of rotatable bonds is 3. The van der Waals surface area contributed by atoms with E-state index in [9.17, 15) is 14.3 Å². The lowest BCUT2D eigenvalue weighted by Crippen LogP contribution is -2.68. The zero-order chi connectivity index (χ0) is 24.9. The number of aliphatic hydroxyl groups is 1. The molecule has 5 rings (SSSR count). The molecule has 2 fully saturated rings. The number of benzene rings is 3. The van der Waals surface area contributed by atoms with Crippen LogP contribution >= 0.6 is 0 Å². The molecule has 2 N–H and O–H groups in total. The van der Waals surface area contributed by atoms with Gasteiger partial charge in [-0.05, 0) is 73.5 Å². The fourth-order valence-electron chi connectivity index (χ4n) is 5.32. The normalized spacial score (nSPS) is 21.7. The summed E-state index contributed by atoms with van der Waals surface area (Å²) in [5.41, 5.74) is 3.65. The standard InChI is InChI=1S/C30H30FN3O2/c31-25-14-16-26(17-15-25)32-30(36)33-18-4-5-19-34-27(20-33)29(28(34)21-35)24-12-10-23(11-13-24)9-8-22-6-2-1-3-7-22/h1-3,6-7,10-17,27-29,35H,4-5,18-21H2,(H,32,36)/t27-,28+,29-/m0/s1. The molecule has 0 saturated carbocycles. The van der Waals surface area contributed by atoms with Crippen molar-refractivity contribution in [2.45, 2.75) is 30.8 Å². The van der Waals surface area contributed by atoms with Crippen molar-refractivity contribution >= 4 is 11.7 Å². The van der Waals surface area contributed by atoms with Crippen molar-refractivity contribution in [1.29, 1.82) is 0 Å². The van der Waals surface area contributed by atoms with Crippen molar-refractivity contribution in [3.05, 3.63) is 101 Å². The van der Waals surface area contributed by atoms with Gasteiger partial charge in [-0.2, -0.15) is 0 Å². The molecule has 184 valence electrons. The van der Waals surface area contributed by atoms with Gasteiger partial charge < -0.3 is 15.3 Å². The van der Waals surface area contributed by atoms with Crippen LogP contribution in [0.2, 0.25) is 0 Å². The number of halogens is 1. The largest absolute Gasteiger partial charge is 0.395 e. The second-order valence-electron chi connectivity index (χ2n) is 9.41. The molecule has 3 atom stereocenters. The van der Waals surface area contributed by atoms with E-state index in [4.69, 9.17) is 0 Å². The highest BCUT2D eigenvalue weighted by Crippen LogP contribution is 2.42. The highest BCUT2D eigenvalue weighted by atomic mass is 19.1. The first-order chi connectivity index (χ1) is 17.6. The fraction of sp³-hybridized carbons (Fsp3) is 0.300. The van der Waals surface area contributed by atoms with Crippen molar-refractivity contribution in [2.75, 3.05) is 31.6 Å². The van der Waals surface area contributed by atoms with Crippen LogP contribution < -0.4 is 5.32 Å². The number of carbonyl (C=O) groups is 1. The number of nitrogens with one attached hydrogen (secondary N) is 1. The Morgan fingerprint density at radius 3 is 2.28 bits per heavy atom. The number of aliphatic hydroxyl groups excluding tert-OH is 1. The molecule has 0 spiro atoms. The summed E-state index contributed by atoms with van der Waals surface area (Å²) in [7, 11) is 0. The molecule has 2 amide bonds. The number of carbonyl (C=O) groups excluding carboxylic acids is 1. The first-order valence-electron chi connectivity index (χ1n) is 12.5. The molecule has 2 aliphatic rings. The van der Waals surface area contributed by atoms with E-state index < -0.39 is 0 Å². The van der Waals surface area contributed by atoms with Crippen molar-refractivity contribution in [3.8, 4) is 11.8 Å². The molecule has 0 bridgehead atoms. The molecule has 2 aliphatic heterocycles. The van der Waals surface area contributed by atoms with Gasteiger partial charge in [-0.3, -0.25) is 4.90 Å². The Bertz CT molecular complexity index is 1240. The van der Waals surface area contributed by atoms with Crippen LogP contribution in [0.4, 0.5) is 14.9 Å². The highest BCUT2D eigenvalue weighted by Gasteiger charge is 2.49. The van der Waals surface area contributed by atoms with Crippen molar-refractivity contribution in [2.24, 2.45) is 0 Å². The minimum absolute atomic E-state index is 0.0383. The van der Waals surface area contributed by atoms with Crippen LogP contribution in [0.15, 0.2) is 78.9 Å². The van der Waals surface area contributed by atoms with Gasteiger partial charge in [0.15, 0.2) is 0 Å². The van der Waals surface area contributed by atoms with Gasteiger partial charge in [-0.25, -0.2) is 9.18 Å². The number of fused-ring (bicyclic) bond motifs is 1. The summed E-state index contributed by atoms with van der Waals surface area (Å²) < 4.78 is 13.2. The summed E-state index contributed by atoms with van der Waals surface area (Å²) in [5, 5.41) is 13.1. The van der Waals surface area contributed by atoms with Gasteiger partial charge in [-0.1, -0.05) is 42.2 Å². The molecular weight excluding hydrogens is 453 g/mol. The molecule has 0 aromatic heterocycles. The Hall–Kier alpha value is -3.66. The first-order valence-corrected chi connectivity index (χ1v) is 12.5. The summed E-state index contributed by atoms with van der Waals surface area (Å²) in [5.74, 6) is 6.20.